The minimum Gasteiger partial charge on any atom is -0.366 e. The predicted molar refractivity (Wildman–Crippen MR) is 121 cm³/mol. The van der Waals surface area contributed by atoms with Gasteiger partial charge in [-0.1, -0.05) is 0 Å². The van der Waals surface area contributed by atoms with Crippen LogP contribution in [0.3, 0.4) is 0 Å². The number of amides is 1. The summed E-state index contributed by atoms with van der Waals surface area (Å²) in [5.74, 6) is -0.816. The maximum absolute atomic E-state index is 14.5. The SMILES string of the molecule is CC(=O)c1ccc(N2CCN(C(=O)C3CCN(S(=O)(=O)c4cccnc4)CC3)CC2)c(F)c1. The molecule has 0 bridgehead atoms. The van der Waals surface area contributed by atoms with Gasteiger partial charge >= 0.3 is 0 Å². The van der Waals surface area contributed by atoms with Gasteiger partial charge < -0.3 is 9.80 Å². The Labute approximate surface area is 193 Å². The second-order valence-electron chi connectivity index (χ2n) is 8.40. The van der Waals surface area contributed by atoms with Crippen molar-refractivity contribution in [2.75, 3.05) is 44.2 Å². The first-order chi connectivity index (χ1) is 15.8. The van der Waals surface area contributed by atoms with Crippen molar-refractivity contribution in [1.82, 2.24) is 14.2 Å². The van der Waals surface area contributed by atoms with E-state index < -0.39 is 15.8 Å². The van der Waals surface area contributed by atoms with Crippen LogP contribution in [0.25, 0.3) is 0 Å². The Kier molecular flexibility index (Phi) is 6.76. The summed E-state index contributed by atoms with van der Waals surface area (Å²) in [6.45, 7) is 3.93. The highest BCUT2D eigenvalue weighted by Crippen LogP contribution is 2.27. The molecule has 1 aromatic heterocycles. The molecule has 176 valence electrons. The standard InChI is InChI=1S/C23H27FN4O4S/c1-17(29)19-4-5-22(21(24)15-19)26-11-13-27(14-12-26)23(30)18-6-9-28(10-7-18)33(31,32)20-3-2-8-25-16-20/h2-5,8,15-16,18H,6-7,9-14H2,1H3. The van der Waals surface area contributed by atoms with E-state index >= 15 is 0 Å². The third kappa shape index (κ3) is 4.91. The van der Waals surface area contributed by atoms with Gasteiger partial charge in [-0.25, -0.2) is 12.8 Å². The lowest BCUT2D eigenvalue weighted by Gasteiger charge is -2.39. The largest absolute Gasteiger partial charge is 0.366 e. The van der Waals surface area contributed by atoms with Gasteiger partial charge in [0.05, 0.1) is 5.69 Å². The van der Waals surface area contributed by atoms with Crippen molar-refractivity contribution < 1.29 is 22.4 Å². The molecule has 2 fully saturated rings. The fourth-order valence-electron chi connectivity index (χ4n) is 4.40. The smallest absolute Gasteiger partial charge is 0.244 e. The molecule has 33 heavy (non-hydrogen) atoms. The van der Waals surface area contributed by atoms with Crippen molar-refractivity contribution in [2.24, 2.45) is 5.92 Å². The van der Waals surface area contributed by atoms with E-state index in [0.29, 0.717) is 63.4 Å². The van der Waals surface area contributed by atoms with Crippen LogP contribution in [0.5, 0.6) is 0 Å². The lowest BCUT2D eigenvalue weighted by Crippen LogP contribution is -2.52. The number of sulfonamides is 1. The molecule has 0 saturated carbocycles. The number of pyridine rings is 1. The topological polar surface area (TPSA) is 90.9 Å². The van der Waals surface area contributed by atoms with E-state index in [1.165, 1.54) is 35.8 Å². The van der Waals surface area contributed by atoms with Crippen molar-refractivity contribution in [2.45, 2.75) is 24.7 Å². The van der Waals surface area contributed by atoms with Gasteiger partial charge in [-0.3, -0.25) is 14.6 Å². The number of Topliss-reactive ketones (excluding diaryl/α,β-unsaturated/α-hetero) is 1. The number of carbonyl (C=O) groups is 2. The van der Waals surface area contributed by atoms with E-state index in [9.17, 15) is 22.4 Å². The molecule has 1 aromatic carbocycles. The first kappa shape index (κ1) is 23.3. The van der Waals surface area contributed by atoms with Crippen molar-refractivity contribution in [3.63, 3.8) is 0 Å². The maximum atomic E-state index is 14.5. The molecule has 2 aromatic rings. The first-order valence-electron chi connectivity index (χ1n) is 11.0. The Morgan fingerprint density at radius 3 is 2.30 bits per heavy atom. The summed E-state index contributed by atoms with van der Waals surface area (Å²) in [7, 11) is -3.60. The van der Waals surface area contributed by atoms with Crippen LogP contribution in [0, 0.1) is 11.7 Å². The van der Waals surface area contributed by atoms with Crippen molar-refractivity contribution in [1.29, 1.82) is 0 Å². The molecule has 2 aliphatic heterocycles. The molecule has 0 aliphatic carbocycles. The number of hydrogen-bond donors (Lipinski definition) is 0. The first-order valence-corrected chi connectivity index (χ1v) is 12.5. The summed E-state index contributed by atoms with van der Waals surface area (Å²) < 4.78 is 41.4. The number of halogens is 1. The highest BCUT2D eigenvalue weighted by molar-refractivity contribution is 7.89. The minimum atomic E-state index is -3.60. The van der Waals surface area contributed by atoms with Gasteiger partial charge in [0.15, 0.2) is 5.78 Å². The van der Waals surface area contributed by atoms with Crippen LogP contribution in [0.15, 0.2) is 47.6 Å². The molecular formula is C23H27FN4O4S. The van der Waals surface area contributed by atoms with E-state index in [4.69, 9.17) is 0 Å². The van der Waals surface area contributed by atoms with Gasteiger partial charge in [0.25, 0.3) is 0 Å². The fourth-order valence-corrected chi connectivity index (χ4v) is 5.83. The molecular weight excluding hydrogens is 447 g/mol. The molecule has 4 rings (SSSR count). The monoisotopic (exact) mass is 474 g/mol. The molecule has 0 N–H and O–H groups in total. The zero-order valence-corrected chi connectivity index (χ0v) is 19.3. The Morgan fingerprint density at radius 2 is 1.73 bits per heavy atom. The van der Waals surface area contributed by atoms with Gasteiger partial charge in [0, 0.05) is 63.1 Å². The molecule has 10 heteroatoms. The summed E-state index contributed by atoms with van der Waals surface area (Å²) in [5.41, 5.74) is 0.767. The Bertz CT molecular complexity index is 1130. The van der Waals surface area contributed by atoms with Gasteiger partial charge in [0.2, 0.25) is 15.9 Å². The third-order valence-electron chi connectivity index (χ3n) is 6.36. The van der Waals surface area contributed by atoms with Gasteiger partial charge in [-0.05, 0) is 50.1 Å². The number of anilines is 1. The maximum Gasteiger partial charge on any atom is 0.244 e. The number of carbonyl (C=O) groups excluding carboxylic acids is 2. The van der Waals surface area contributed by atoms with Crippen LogP contribution in [0.2, 0.25) is 0 Å². The van der Waals surface area contributed by atoms with Crippen molar-refractivity contribution in [3.8, 4) is 0 Å². The van der Waals surface area contributed by atoms with Gasteiger partial charge in [-0.2, -0.15) is 4.31 Å². The van der Waals surface area contributed by atoms with E-state index in [-0.39, 0.29) is 22.5 Å². The summed E-state index contributed by atoms with van der Waals surface area (Å²) in [6.07, 6.45) is 3.81. The fraction of sp³-hybridized carbons (Fsp3) is 0.435. The number of rotatable bonds is 5. The Hall–Kier alpha value is -2.85. The Balaban J connectivity index is 1.31. The molecule has 2 saturated heterocycles. The van der Waals surface area contributed by atoms with E-state index in [2.05, 4.69) is 4.98 Å². The number of piperidine rings is 1. The lowest BCUT2D eigenvalue weighted by molar-refractivity contribution is -0.137. The zero-order valence-electron chi connectivity index (χ0n) is 18.5. The highest BCUT2D eigenvalue weighted by atomic mass is 32.2. The average Bonchev–Trinajstić information content (AvgIpc) is 2.84. The summed E-state index contributed by atoms with van der Waals surface area (Å²) in [5, 5.41) is 0. The number of piperazine rings is 1. The van der Waals surface area contributed by atoms with E-state index in [1.807, 2.05) is 4.90 Å². The van der Waals surface area contributed by atoms with Crippen LogP contribution < -0.4 is 4.90 Å². The molecule has 0 atom stereocenters. The van der Waals surface area contributed by atoms with Crippen LogP contribution in [-0.4, -0.2) is 73.6 Å². The van der Waals surface area contributed by atoms with E-state index in [1.54, 1.807) is 23.1 Å². The second kappa shape index (κ2) is 9.56. The van der Waals surface area contributed by atoms with Crippen molar-refractivity contribution >= 4 is 27.4 Å². The predicted octanol–water partition coefficient (Wildman–Crippen LogP) is 2.17. The van der Waals surface area contributed by atoms with Crippen LogP contribution in [0.1, 0.15) is 30.1 Å². The minimum absolute atomic E-state index is 0.0282. The third-order valence-corrected chi connectivity index (χ3v) is 8.24. The quantitative estimate of drug-likeness (QED) is 0.617. The second-order valence-corrected chi connectivity index (χ2v) is 10.3. The summed E-state index contributed by atoms with van der Waals surface area (Å²) in [4.78, 5) is 32.2. The number of hydrogen-bond acceptors (Lipinski definition) is 6. The molecule has 0 unspecified atom stereocenters. The lowest BCUT2D eigenvalue weighted by atomic mass is 9.96. The van der Waals surface area contributed by atoms with Gasteiger partial charge in [-0.15, -0.1) is 0 Å². The number of benzene rings is 1. The average molecular weight is 475 g/mol. The number of ketones is 1. The molecule has 0 radical (unpaired) electrons. The van der Waals surface area contributed by atoms with Crippen LogP contribution in [-0.2, 0) is 14.8 Å². The Morgan fingerprint density at radius 1 is 1.03 bits per heavy atom. The van der Waals surface area contributed by atoms with Gasteiger partial charge in [0.1, 0.15) is 10.7 Å². The molecule has 8 nitrogen and oxygen atoms in total. The zero-order chi connectivity index (χ0) is 23.6. The number of nitrogens with zero attached hydrogens (tertiary/aromatic N) is 4. The molecule has 2 aliphatic rings. The number of aromatic nitrogens is 1. The molecule has 3 heterocycles. The van der Waals surface area contributed by atoms with E-state index in [0.717, 1.165) is 0 Å². The molecule has 0 spiro atoms. The van der Waals surface area contributed by atoms with Crippen molar-refractivity contribution in [3.05, 3.63) is 54.1 Å². The highest BCUT2D eigenvalue weighted by Gasteiger charge is 2.35. The molecule has 1 amide bonds. The van der Waals surface area contributed by atoms with Crippen LogP contribution in [0.4, 0.5) is 10.1 Å². The van der Waals surface area contributed by atoms with Crippen LogP contribution >= 0.6 is 0 Å². The normalized spacial score (nSPS) is 18.4. The summed E-state index contributed by atoms with van der Waals surface area (Å²) >= 11 is 0. The summed E-state index contributed by atoms with van der Waals surface area (Å²) in [6, 6.07) is 7.60.